The Labute approximate surface area is 112 Å². The van der Waals surface area contributed by atoms with Crippen molar-refractivity contribution in [3.63, 3.8) is 0 Å². The molecule has 0 spiro atoms. The molecule has 1 aliphatic heterocycles. The van der Waals surface area contributed by atoms with E-state index in [4.69, 9.17) is 11.6 Å². The van der Waals surface area contributed by atoms with Gasteiger partial charge in [0.15, 0.2) is 0 Å². The first-order valence-corrected chi connectivity index (χ1v) is 6.38. The van der Waals surface area contributed by atoms with E-state index in [1.54, 1.807) is 36.1 Å². The quantitative estimate of drug-likeness (QED) is 0.823. The van der Waals surface area contributed by atoms with Crippen LogP contribution in [0.5, 0.6) is 0 Å². The maximum Gasteiger partial charge on any atom is 0.321 e. The smallest absolute Gasteiger partial charge is 0.321 e. The van der Waals surface area contributed by atoms with E-state index in [0.717, 1.165) is 5.69 Å². The second-order valence-electron chi connectivity index (χ2n) is 4.92. The van der Waals surface area contributed by atoms with E-state index in [2.05, 4.69) is 5.32 Å². The highest BCUT2D eigenvalue weighted by Crippen LogP contribution is 2.22. The zero-order chi connectivity index (χ0) is 13.2. The summed E-state index contributed by atoms with van der Waals surface area (Å²) in [6, 6.07) is 6.87. The molecule has 1 saturated heterocycles. The monoisotopic (exact) mass is 268 g/mol. The van der Waals surface area contributed by atoms with Crippen LogP contribution in [0.4, 0.5) is 10.5 Å². The average Bonchev–Trinajstić information content (AvgIpc) is 2.32. The maximum absolute atomic E-state index is 12.0. The summed E-state index contributed by atoms with van der Waals surface area (Å²) in [4.78, 5) is 13.7. The number of halogens is 1. The SMILES string of the molecule is CC1(O)CCN(C(=O)Nc2ccc(Cl)cc2)CC1. The van der Waals surface area contributed by atoms with Crippen molar-refractivity contribution in [1.82, 2.24) is 4.90 Å². The van der Waals surface area contributed by atoms with Crippen molar-refractivity contribution in [3.8, 4) is 0 Å². The van der Waals surface area contributed by atoms with Crippen molar-refractivity contribution in [1.29, 1.82) is 0 Å². The molecular weight excluding hydrogens is 252 g/mol. The lowest BCUT2D eigenvalue weighted by atomic mass is 9.94. The maximum atomic E-state index is 12.0. The van der Waals surface area contributed by atoms with Crippen molar-refractivity contribution < 1.29 is 9.90 Å². The predicted octanol–water partition coefficient (Wildman–Crippen LogP) is 2.72. The summed E-state index contributed by atoms with van der Waals surface area (Å²) in [5.74, 6) is 0. The van der Waals surface area contributed by atoms with Crippen molar-refractivity contribution in [2.45, 2.75) is 25.4 Å². The van der Waals surface area contributed by atoms with E-state index in [-0.39, 0.29) is 6.03 Å². The molecule has 2 amide bonds. The predicted molar refractivity (Wildman–Crippen MR) is 71.9 cm³/mol. The highest BCUT2D eigenvalue weighted by Gasteiger charge is 2.29. The molecule has 2 rings (SSSR count). The number of benzene rings is 1. The number of nitrogens with zero attached hydrogens (tertiary/aromatic N) is 1. The molecule has 1 fully saturated rings. The van der Waals surface area contributed by atoms with Gasteiger partial charge in [0.25, 0.3) is 0 Å². The molecule has 0 atom stereocenters. The van der Waals surface area contributed by atoms with Crippen molar-refractivity contribution in [2.24, 2.45) is 0 Å². The lowest BCUT2D eigenvalue weighted by molar-refractivity contribution is 0.00570. The molecule has 0 aromatic heterocycles. The Hall–Kier alpha value is -1.26. The molecule has 2 N–H and O–H groups in total. The summed E-state index contributed by atoms with van der Waals surface area (Å²) in [5.41, 5.74) is 0.0820. The third-order valence-corrected chi connectivity index (χ3v) is 3.48. The summed E-state index contributed by atoms with van der Waals surface area (Å²) >= 11 is 5.78. The number of amides is 2. The molecule has 18 heavy (non-hydrogen) atoms. The molecule has 0 bridgehead atoms. The number of rotatable bonds is 1. The van der Waals surface area contributed by atoms with Gasteiger partial charge < -0.3 is 15.3 Å². The number of carbonyl (C=O) groups excluding carboxylic acids is 1. The number of anilines is 1. The number of urea groups is 1. The van der Waals surface area contributed by atoms with Gasteiger partial charge in [-0.3, -0.25) is 0 Å². The van der Waals surface area contributed by atoms with Crippen molar-refractivity contribution in [3.05, 3.63) is 29.3 Å². The molecule has 1 aromatic rings. The number of nitrogens with one attached hydrogen (secondary N) is 1. The van der Waals surface area contributed by atoms with Gasteiger partial charge in [0.1, 0.15) is 0 Å². The Morgan fingerprint density at radius 3 is 2.44 bits per heavy atom. The Balaban J connectivity index is 1.91. The average molecular weight is 269 g/mol. The fourth-order valence-electron chi connectivity index (χ4n) is 1.93. The fourth-order valence-corrected chi connectivity index (χ4v) is 2.05. The normalized spacial score (nSPS) is 18.5. The molecule has 4 nitrogen and oxygen atoms in total. The molecule has 1 aromatic carbocycles. The zero-order valence-corrected chi connectivity index (χ0v) is 11.1. The van der Waals surface area contributed by atoms with Crippen LogP contribution in [-0.2, 0) is 0 Å². The van der Waals surface area contributed by atoms with Crippen LogP contribution >= 0.6 is 11.6 Å². The number of carbonyl (C=O) groups is 1. The Bertz CT molecular complexity index is 421. The van der Waals surface area contributed by atoms with Crippen LogP contribution < -0.4 is 5.32 Å². The Morgan fingerprint density at radius 2 is 1.89 bits per heavy atom. The highest BCUT2D eigenvalue weighted by molar-refractivity contribution is 6.30. The Morgan fingerprint density at radius 1 is 1.33 bits per heavy atom. The summed E-state index contributed by atoms with van der Waals surface area (Å²) < 4.78 is 0. The Kier molecular flexibility index (Phi) is 3.78. The first-order valence-electron chi connectivity index (χ1n) is 6.00. The first kappa shape index (κ1) is 13.2. The van der Waals surface area contributed by atoms with Gasteiger partial charge in [0, 0.05) is 23.8 Å². The van der Waals surface area contributed by atoms with Crippen LogP contribution in [0.1, 0.15) is 19.8 Å². The summed E-state index contributed by atoms with van der Waals surface area (Å²) in [6.07, 6.45) is 1.22. The highest BCUT2D eigenvalue weighted by atomic mass is 35.5. The molecule has 0 unspecified atom stereocenters. The minimum atomic E-state index is -0.642. The lowest BCUT2D eigenvalue weighted by Gasteiger charge is -2.35. The fraction of sp³-hybridized carbons (Fsp3) is 0.462. The standard InChI is InChI=1S/C13H17ClN2O2/c1-13(18)6-8-16(9-7-13)12(17)15-11-4-2-10(14)3-5-11/h2-5,18H,6-9H2,1H3,(H,15,17). The second kappa shape index (κ2) is 5.16. The van der Waals surface area contributed by atoms with Gasteiger partial charge in [-0.15, -0.1) is 0 Å². The van der Waals surface area contributed by atoms with E-state index in [9.17, 15) is 9.90 Å². The molecule has 1 heterocycles. The van der Waals surface area contributed by atoms with E-state index in [1.165, 1.54) is 0 Å². The summed E-state index contributed by atoms with van der Waals surface area (Å²) in [5, 5.41) is 13.3. The van der Waals surface area contributed by atoms with Gasteiger partial charge in [0.2, 0.25) is 0 Å². The van der Waals surface area contributed by atoms with Crippen molar-refractivity contribution in [2.75, 3.05) is 18.4 Å². The molecule has 98 valence electrons. The number of piperidine rings is 1. The van der Waals surface area contributed by atoms with Crippen LogP contribution in [-0.4, -0.2) is 34.7 Å². The molecule has 0 radical (unpaired) electrons. The number of aliphatic hydroxyl groups is 1. The number of likely N-dealkylation sites (tertiary alicyclic amines) is 1. The van der Waals surface area contributed by atoms with E-state index in [0.29, 0.717) is 31.0 Å². The van der Waals surface area contributed by atoms with Crippen LogP contribution in [0.25, 0.3) is 0 Å². The molecule has 1 aliphatic rings. The number of hydrogen-bond acceptors (Lipinski definition) is 2. The topological polar surface area (TPSA) is 52.6 Å². The van der Waals surface area contributed by atoms with Crippen LogP contribution in [0.2, 0.25) is 5.02 Å². The summed E-state index contributed by atoms with van der Waals surface area (Å²) in [6.45, 7) is 2.96. The van der Waals surface area contributed by atoms with Gasteiger partial charge in [0.05, 0.1) is 5.60 Å². The molecule has 5 heteroatoms. The first-order chi connectivity index (χ1) is 8.46. The van der Waals surface area contributed by atoms with Crippen LogP contribution in [0.3, 0.4) is 0 Å². The minimum absolute atomic E-state index is 0.132. The largest absolute Gasteiger partial charge is 0.390 e. The molecule has 0 aliphatic carbocycles. The summed E-state index contributed by atoms with van der Waals surface area (Å²) in [7, 11) is 0. The van der Waals surface area contributed by atoms with Gasteiger partial charge in [-0.1, -0.05) is 11.6 Å². The van der Waals surface area contributed by atoms with E-state index >= 15 is 0 Å². The van der Waals surface area contributed by atoms with Crippen LogP contribution in [0, 0.1) is 0 Å². The van der Waals surface area contributed by atoms with Crippen molar-refractivity contribution >= 4 is 23.3 Å². The number of hydrogen-bond donors (Lipinski definition) is 2. The van der Waals surface area contributed by atoms with E-state index < -0.39 is 5.60 Å². The van der Waals surface area contributed by atoms with Gasteiger partial charge in [-0.2, -0.15) is 0 Å². The van der Waals surface area contributed by atoms with Gasteiger partial charge in [-0.25, -0.2) is 4.79 Å². The molecular formula is C13H17ClN2O2. The van der Waals surface area contributed by atoms with Gasteiger partial charge >= 0.3 is 6.03 Å². The second-order valence-corrected chi connectivity index (χ2v) is 5.36. The minimum Gasteiger partial charge on any atom is -0.390 e. The lowest BCUT2D eigenvalue weighted by Crippen LogP contribution is -2.46. The molecule has 0 saturated carbocycles. The zero-order valence-electron chi connectivity index (χ0n) is 10.3. The van der Waals surface area contributed by atoms with Crippen LogP contribution in [0.15, 0.2) is 24.3 Å². The van der Waals surface area contributed by atoms with E-state index in [1.807, 2.05) is 0 Å². The van der Waals surface area contributed by atoms with Gasteiger partial charge in [-0.05, 0) is 44.0 Å². The third kappa shape index (κ3) is 3.37. The third-order valence-electron chi connectivity index (χ3n) is 3.22.